The molecule has 4 rings (SSSR count). The quantitative estimate of drug-likeness (QED) is 0.637. The highest BCUT2D eigenvalue weighted by molar-refractivity contribution is 5.94. The minimum atomic E-state index is -0.373. The van der Waals surface area contributed by atoms with Crippen molar-refractivity contribution in [3.63, 3.8) is 0 Å². The number of para-hydroxylation sites is 1. The monoisotopic (exact) mass is 381 g/mol. The van der Waals surface area contributed by atoms with Crippen LogP contribution in [0.4, 0.5) is 4.39 Å². The third-order valence-electron chi connectivity index (χ3n) is 5.04. The van der Waals surface area contributed by atoms with Crippen molar-refractivity contribution in [2.45, 2.75) is 19.4 Å². The average Bonchev–Trinajstić information content (AvgIpc) is 3.15. The highest BCUT2D eigenvalue weighted by Crippen LogP contribution is 2.23. The lowest BCUT2D eigenvalue weighted by molar-refractivity contribution is -0.151. The first kappa shape index (κ1) is 18.2. The van der Waals surface area contributed by atoms with Gasteiger partial charge in [0, 0.05) is 24.0 Å². The zero-order valence-corrected chi connectivity index (χ0v) is 15.3. The van der Waals surface area contributed by atoms with Crippen molar-refractivity contribution in [1.82, 2.24) is 4.90 Å². The van der Waals surface area contributed by atoms with Crippen LogP contribution in [-0.2, 0) is 16.1 Å². The van der Waals surface area contributed by atoms with Crippen molar-refractivity contribution in [2.24, 2.45) is 5.92 Å². The fraction of sp³-hybridized carbons (Fsp3) is 0.273. The first-order chi connectivity index (χ1) is 13.6. The normalized spacial score (nSPS) is 15.0. The number of halogens is 1. The predicted octanol–water partition coefficient (Wildman–Crippen LogP) is 4.17. The number of piperidine rings is 1. The van der Waals surface area contributed by atoms with Crippen molar-refractivity contribution >= 4 is 22.8 Å². The van der Waals surface area contributed by atoms with Gasteiger partial charge in [-0.1, -0.05) is 18.2 Å². The fourth-order valence-electron chi connectivity index (χ4n) is 3.46. The Balaban J connectivity index is 1.28. The molecule has 2 aromatic carbocycles. The van der Waals surface area contributed by atoms with Gasteiger partial charge in [0.1, 0.15) is 23.8 Å². The van der Waals surface area contributed by atoms with Crippen molar-refractivity contribution in [3.8, 4) is 0 Å². The number of carbonyl (C=O) groups excluding carboxylic acids is 2. The molecule has 2 heterocycles. The SMILES string of the molecule is O=C(OCc1cc2ccccc2o1)C1CCN(C(=O)c2ccc(F)cc2)CC1. The Kier molecular flexibility index (Phi) is 5.10. The molecule has 5 nitrogen and oxygen atoms in total. The molecule has 0 saturated carbocycles. The summed E-state index contributed by atoms with van der Waals surface area (Å²) < 4.78 is 24.1. The summed E-state index contributed by atoms with van der Waals surface area (Å²) in [6.07, 6.45) is 1.10. The molecule has 144 valence electrons. The molecule has 3 aromatic rings. The van der Waals surface area contributed by atoms with E-state index in [2.05, 4.69) is 0 Å². The zero-order chi connectivity index (χ0) is 19.5. The fourth-order valence-corrected chi connectivity index (χ4v) is 3.46. The number of amides is 1. The molecule has 1 aromatic heterocycles. The molecular weight excluding hydrogens is 361 g/mol. The second-order valence-electron chi connectivity index (χ2n) is 6.93. The number of rotatable bonds is 4. The minimum absolute atomic E-state index is 0.0994. The lowest BCUT2D eigenvalue weighted by Crippen LogP contribution is -2.40. The molecule has 1 amide bonds. The largest absolute Gasteiger partial charge is 0.457 e. The molecule has 1 fully saturated rings. The van der Waals surface area contributed by atoms with Gasteiger partial charge in [-0.3, -0.25) is 9.59 Å². The third kappa shape index (κ3) is 3.91. The molecule has 1 saturated heterocycles. The molecule has 1 aliphatic rings. The number of benzene rings is 2. The standard InChI is InChI=1S/C22H20FNO4/c23-18-7-5-15(6-8-18)21(25)24-11-9-16(10-12-24)22(26)27-14-19-13-17-3-1-2-4-20(17)28-19/h1-8,13,16H,9-12,14H2. The first-order valence-corrected chi connectivity index (χ1v) is 9.29. The van der Waals surface area contributed by atoms with E-state index in [-0.39, 0.29) is 30.2 Å². The summed E-state index contributed by atoms with van der Waals surface area (Å²) in [5, 5.41) is 0.973. The van der Waals surface area contributed by atoms with E-state index in [0.717, 1.165) is 11.0 Å². The van der Waals surface area contributed by atoms with Gasteiger partial charge >= 0.3 is 5.97 Å². The third-order valence-corrected chi connectivity index (χ3v) is 5.04. The topological polar surface area (TPSA) is 59.8 Å². The average molecular weight is 381 g/mol. The number of nitrogens with zero attached hydrogens (tertiary/aromatic N) is 1. The molecule has 0 spiro atoms. The Morgan fingerprint density at radius 2 is 1.79 bits per heavy atom. The maximum absolute atomic E-state index is 13.0. The lowest BCUT2D eigenvalue weighted by atomic mass is 9.96. The summed E-state index contributed by atoms with van der Waals surface area (Å²) in [6, 6.07) is 15.0. The van der Waals surface area contributed by atoms with Crippen LogP contribution in [0.1, 0.15) is 29.0 Å². The Hall–Kier alpha value is -3.15. The number of likely N-dealkylation sites (tertiary alicyclic amines) is 1. The molecule has 28 heavy (non-hydrogen) atoms. The first-order valence-electron chi connectivity index (χ1n) is 9.29. The van der Waals surface area contributed by atoms with E-state index in [4.69, 9.17) is 9.15 Å². The highest BCUT2D eigenvalue weighted by atomic mass is 19.1. The molecule has 0 N–H and O–H groups in total. The summed E-state index contributed by atoms with van der Waals surface area (Å²) in [5.41, 5.74) is 1.22. The van der Waals surface area contributed by atoms with E-state index in [0.29, 0.717) is 37.3 Å². The van der Waals surface area contributed by atoms with Crippen LogP contribution in [0.3, 0.4) is 0 Å². The van der Waals surface area contributed by atoms with Crippen LogP contribution in [0, 0.1) is 11.7 Å². The number of esters is 1. The van der Waals surface area contributed by atoms with Crippen molar-refractivity contribution in [1.29, 1.82) is 0 Å². The van der Waals surface area contributed by atoms with Crippen LogP contribution in [-0.4, -0.2) is 29.9 Å². The van der Waals surface area contributed by atoms with Crippen LogP contribution in [0.15, 0.2) is 59.0 Å². The second kappa shape index (κ2) is 7.84. The number of hydrogen-bond acceptors (Lipinski definition) is 4. The van der Waals surface area contributed by atoms with Crippen LogP contribution in [0.25, 0.3) is 11.0 Å². The maximum atomic E-state index is 13.0. The van der Waals surface area contributed by atoms with Gasteiger partial charge in [0.15, 0.2) is 0 Å². The van der Waals surface area contributed by atoms with Crippen molar-refractivity contribution in [3.05, 3.63) is 71.7 Å². The van der Waals surface area contributed by atoms with E-state index < -0.39 is 0 Å². The molecule has 6 heteroatoms. The number of ether oxygens (including phenoxy) is 1. The molecule has 0 bridgehead atoms. The minimum Gasteiger partial charge on any atom is -0.457 e. The van der Waals surface area contributed by atoms with E-state index in [9.17, 15) is 14.0 Å². The van der Waals surface area contributed by atoms with E-state index >= 15 is 0 Å². The van der Waals surface area contributed by atoms with Crippen LogP contribution in [0.5, 0.6) is 0 Å². The van der Waals surface area contributed by atoms with Gasteiger partial charge in [0.2, 0.25) is 0 Å². The zero-order valence-electron chi connectivity index (χ0n) is 15.3. The lowest BCUT2D eigenvalue weighted by Gasteiger charge is -2.31. The summed E-state index contributed by atoms with van der Waals surface area (Å²) in [5.74, 6) is -0.411. The Morgan fingerprint density at radius 3 is 2.50 bits per heavy atom. The van der Waals surface area contributed by atoms with Gasteiger partial charge in [-0.25, -0.2) is 4.39 Å². The van der Waals surface area contributed by atoms with Crippen molar-refractivity contribution in [2.75, 3.05) is 13.1 Å². The summed E-state index contributed by atoms with van der Waals surface area (Å²) in [7, 11) is 0. The van der Waals surface area contributed by atoms with Gasteiger partial charge in [-0.2, -0.15) is 0 Å². The van der Waals surface area contributed by atoms with E-state index in [1.54, 1.807) is 4.90 Å². The number of carbonyl (C=O) groups is 2. The summed E-state index contributed by atoms with van der Waals surface area (Å²) >= 11 is 0. The number of fused-ring (bicyclic) bond motifs is 1. The molecule has 1 aliphatic heterocycles. The Morgan fingerprint density at radius 1 is 1.07 bits per heavy atom. The van der Waals surface area contributed by atoms with Gasteiger partial charge in [-0.15, -0.1) is 0 Å². The van der Waals surface area contributed by atoms with Gasteiger partial charge in [0.05, 0.1) is 5.92 Å². The van der Waals surface area contributed by atoms with Crippen LogP contribution < -0.4 is 0 Å². The molecular formula is C22H20FNO4. The predicted molar refractivity (Wildman–Crippen MR) is 101 cm³/mol. The molecule has 0 unspecified atom stereocenters. The summed E-state index contributed by atoms with van der Waals surface area (Å²) in [6.45, 7) is 1.05. The maximum Gasteiger partial charge on any atom is 0.309 e. The smallest absolute Gasteiger partial charge is 0.309 e. The van der Waals surface area contributed by atoms with E-state index in [1.807, 2.05) is 30.3 Å². The van der Waals surface area contributed by atoms with Gasteiger partial charge in [-0.05, 0) is 49.2 Å². The van der Waals surface area contributed by atoms with Crippen molar-refractivity contribution < 1.29 is 23.1 Å². The summed E-state index contributed by atoms with van der Waals surface area (Å²) in [4.78, 5) is 26.5. The second-order valence-corrected chi connectivity index (χ2v) is 6.93. The highest BCUT2D eigenvalue weighted by Gasteiger charge is 2.29. The molecule has 0 atom stereocenters. The molecule has 0 radical (unpaired) electrons. The van der Waals surface area contributed by atoms with Crippen LogP contribution in [0.2, 0.25) is 0 Å². The molecule has 0 aliphatic carbocycles. The number of hydrogen-bond donors (Lipinski definition) is 0. The van der Waals surface area contributed by atoms with E-state index in [1.165, 1.54) is 24.3 Å². The van der Waals surface area contributed by atoms with Crippen LogP contribution >= 0.6 is 0 Å². The van der Waals surface area contributed by atoms with Gasteiger partial charge in [0.25, 0.3) is 5.91 Å². The number of furan rings is 1. The Labute approximate surface area is 161 Å². The Bertz CT molecular complexity index is 954. The van der Waals surface area contributed by atoms with Gasteiger partial charge < -0.3 is 14.1 Å².